The predicted octanol–water partition coefficient (Wildman–Crippen LogP) is 3.49. The first kappa shape index (κ1) is 18.0. The number of esters is 1. The molecule has 0 atom stereocenters. The van der Waals surface area contributed by atoms with Gasteiger partial charge >= 0.3 is 11.5 Å². The third-order valence-corrected chi connectivity index (χ3v) is 3.60. The number of aromatic nitrogens is 2. The highest BCUT2D eigenvalue weighted by molar-refractivity contribution is 8.00. The molecule has 0 spiro atoms. The van der Waals surface area contributed by atoms with Gasteiger partial charge in [0.05, 0.1) is 18.4 Å². The van der Waals surface area contributed by atoms with Gasteiger partial charge in [0.1, 0.15) is 6.61 Å². The number of hydrogen-bond acceptors (Lipinski definition) is 6. The number of carbonyl (C=O) groups is 1. The third-order valence-electron chi connectivity index (χ3n) is 2.77. The van der Waals surface area contributed by atoms with Crippen LogP contribution in [0, 0.1) is 0 Å². The van der Waals surface area contributed by atoms with Crippen LogP contribution < -0.4 is 4.74 Å². The molecule has 1 heterocycles. The fraction of sp³-hybridized carbons (Fsp3) is 0.286. The smallest absolute Gasteiger partial charge is 0.446 e. The van der Waals surface area contributed by atoms with Crippen LogP contribution in [0.5, 0.6) is 5.88 Å². The number of rotatable bonds is 6. The van der Waals surface area contributed by atoms with Crippen LogP contribution in [0.15, 0.2) is 35.4 Å². The molecule has 6 nitrogen and oxygen atoms in total. The van der Waals surface area contributed by atoms with E-state index in [2.05, 4.69) is 5.10 Å². The lowest BCUT2D eigenvalue weighted by Gasteiger charge is -2.15. The Morgan fingerprint density at radius 1 is 1.38 bits per heavy atom. The van der Waals surface area contributed by atoms with Gasteiger partial charge in [0.15, 0.2) is 0 Å². The zero-order valence-corrected chi connectivity index (χ0v) is 13.2. The summed E-state index contributed by atoms with van der Waals surface area (Å²) in [6.45, 7) is 1.34. The predicted molar refractivity (Wildman–Crippen MR) is 78.1 cm³/mol. The fourth-order valence-electron chi connectivity index (χ4n) is 1.86. The first-order valence-corrected chi connectivity index (χ1v) is 7.54. The van der Waals surface area contributed by atoms with Crippen LogP contribution in [0.25, 0.3) is 0 Å². The minimum atomic E-state index is -4.52. The number of alkyl halides is 3. The van der Waals surface area contributed by atoms with E-state index < -0.39 is 11.5 Å². The van der Waals surface area contributed by atoms with Crippen molar-refractivity contribution in [2.24, 2.45) is 0 Å². The highest BCUT2D eigenvalue weighted by atomic mass is 32.2. The van der Waals surface area contributed by atoms with Gasteiger partial charge in [-0.15, -0.1) is 4.85 Å². The number of hydrogen-bond donors (Lipinski definition) is 1. The maximum Gasteiger partial charge on any atom is 0.446 e. The highest BCUT2D eigenvalue weighted by Gasteiger charge is 2.31. The molecule has 1 N–H and O–H groups in total. The van der Waals surface area contributed by atoms with E-state index in [1.165, 1.54) is 30.5 Å². The summed E-state index contributed by atoms with van der Waals surface area (Å²) in [4.78, 5) is 12.3. The summed E-state index contributed by atoms with van der Waals surface area (Å²) >= 11 is -0.345. The molecule has 0 aliphatic rings. The Balaban J connectivity index is 2.33. The fourth-order valence-corrected chi connectivity index (χ4v) is 2.54. The Kier molecular flexibility index (Phi) is 5.60. The Bertz CT molecular complexity index is 718. The van der Waals surface area contributed by atoms with E-state index in [0.717, 1.165) is 0 Å². The normalized spacial score (nSPS) is 11.3. The van der Waals surface area contributed by atoms with E-state index in [-0.39, 0.29) is 46.9 Å². The molecule has 130 valence electrons. The van der Waals surface area contributed by atoms with Crippen molar-refractivity contribution in [1.29, 1.82) is 0 Å². The van der Waals surface area contributed by atoms with Crippen LogP contribution >= 0.6 is 11.8 Å². The minimum absolute atomic E-state index is 0.000814. The molecule has 2 rings (SSSR count). The summed E-state index contributed by atoms with van der Waals surface area (Å²) in [7, 11) is 0. The lowest BCUT2D eigenvalue weighted by atomic mass is 10.1. The maximum absolute atomic E-state index is 12.7. The number of halogens is 3. The zero-order valence-electron chi connectivity index (χ0n) is 12.4. The number of benzene rings is 1. The molecular weight excluding hydrogens is 349 g/mol. The van der Waals surface area contributed by atoms with Crippen LogP contribution in [0.3, 0.4) is 0 Å². The lowest BCUT2D eigenvalue weighted by molar-refractivity contribution is -0.0328. The van der Waals surface area contributed by atoms with Gasteiger partial charge < -0.3 is 14.7 Å². The van der Waals surface area contributed by atoms with Crippen molar-refractivity contribution in [3.05, 3.63) is 41.6 Å². The van der Waals surface area contributed by atoms with E-state index in [1.54, 1.807) is 6.92 Å². The van der Waals surface area contributed by atoms with Gasteiger partial charge in [0, 0.05) is 16.5 Å². The summed E-state index contributed by atoms with van der Waals surface area (Å²) in [6, 6.07) is 5.27. The molecule has 24 heavy (non-hydrogen) atoms. The van der Waals surface area contributed by atoms with E-state index >= 15 is 0 Å². The highest BCUT2D eigenvalue weighted by Crippen LogP contribution is 2.39. The van der Waals surface area contributed by atoms with Crippen LogP contribution in [0.2, 0.25) is 0 Å². The first-order chi connectivity index (χ1) is 11.3. The Labute approximate surface area is 139 Å². The molecule has 0 fully saturated rings. The molecule has 10 heteroatoms. The summed E-state index contributed by atoms with van der Waals surface area (Å²) in [5, 5.41) is 12.6. The van der Waals surface area contributed by atoms with Crippen LogP contribution in [-0.2, 0) is 11.3 Å². The number of thioether (sulfide) groups is 1. The molecule has 0 amide bonds. The molecule has 2 aromatic rings. The molecule has 0 saturated carbocycles. The summed E-state index contributed by atoms with van der Waals surface area (Å²) in [5.74, 6) is -0.743. The van der Waals surface area contributed by atoms with Crippen LogP contribution in [-0.4, -0.2) is 33.2 Å². The average molecular weight is 362 g/mol. The Morgan fingerprint density at radius 3 is 2.71 bits per heavy atom. The molecule has 0 aliphatic carbocycles. The SMILES string of the molecule is CCOC(=O)c1cccc(SC(F)(F)F)c1COc1ccn(O)n1. The van der Waals surface area contributed by atoms with E-state index in [1.807, 2.05) is 0 Å². The topological polar surface area (TPSA) is 73.6 Å². The van der Waals surface area contributed by atoms with Gasteiger partial charge in [0.25, 0.3) is 0 Å². The third kappa shape index (κ3) is 4.82. The lowest BCUT2D eigenvalue weighted by Crippen LogP contribution is -2.12. The quantitative estimate of drug-likeness (QED) is 0.482. The van der Waals surface area contributed by atoms with Crippen molar-refractivity contribution in [1.82, 2.24) is 9.94 Å². The zero-order chi connectivity index (χ0) is 17.7. The maximum atomic E-state index is 12.7. The first-order valence-electron chi connectivity index (χ1n) is 6.72. The molecule has 0 aliphatic heterocycles. The second kappa shape index (κ2) is 7.47. The summed E-state index contributed by atoms with van der Waals surface area (Å²) in [6.07, 6.45) is 1.19. The van der Waals surface area contributed by atoms with Crippen molar-refractivity contribution in [2.45, 2.75) is 23.9 Å². The molecule has 1 aromatic heterocycles. The second-order valence-electron chi connectivity index (χ2n) is 4.41. The van der Waals surface area contributed by atoms with Crippen LogP contribution in [0.1, 0.15) is 22.8 Å². The van der Waals surface area contributed by atoms with Gasteiger partial charge in [-0.05, 0) is 30.8 Å². The number of carbonyl (C=O) groups excluding carboxylic acids is 1. The standard InChI is InChI=1S/C14H13F3N2O4S/c1-2-22-13(20)9-4-3-5-11(24-14(15,16)17)10(9)8-23-12-6-7-19(21)18-12/h3-7,21H,2,8H2,1H3. The van der Waals surface area contributed by atoms with E-state index in [9.17, 15) is 18.0 Å². The van der Waals surface area contributed by atoms with Crippen molar-refractivity contribution in [3.63, 3.8) is 0 Å². The largest absolute Gasteiger partial charge is 0.472 e. The molecule has 0 unspecified atom stereocenters. The Morgan fingerprint density at radius 2 is 2.12 bits per heavy atom. The monoisotopic (exact) mass is 362 g/mol. The van der Waals surface area contributed by atoms with Gasteiger partial charge in [-0.2, -0.15) is 13.2 Å². The summed E-state index contributed by atoms with van der Waals surface area (Å²) in [5.41, 5.74) is -4.50. The van der Waals surface area contributed by atoms with Gasteiger partial charge in [-0.1, -0.05) is 11.2 Å². The van der Waals surface area contributed by atoms with Gasteiger partial charge in [-0.3, -0.25) is 0 Å². The van der Waals surface area contributed by atoms with Crippen LogP contribution in [0.4, 0.5) is 13.2 Å². The molecule has 0 radical (unpaired) electrons. The van der Waals surface area contributed by atoms with Gasteiger partial charge in [0.2, 0.25) is 5.88 Å². The molecule has 0 bridgehead atoms. The molecule has 1 aromatic carbocycles. The Hall–Kier alpha value is -2.36. The minimum Gasteiger partial charge on any atom is -0.472 e. The number of ether oxygens (including phenoxy) is 2. The van der Waals surface area contributed by atoms with Crippen molar-refractivity contribution in [2.75, 3.05) is 6.61 Å². The van der Waals surface area contributed by atoms with Crippen molar-refractivity contribution in [3.8, 4) is 5.88 Å². The van der Waals surface area contributed by atoms with E-state index in [0.29, 0.717) is 4.85 Å². The van der Waals surface area contributed by atoms with Crippen molar-refractivity contribution >= 4 is 17.7 Å². The van der Waals surface area contributed by atoms with Crippen molar-refractivity contribution < 1.29 is 32.6 Å². The molecular formula is C14H13F3N2O4S. The van der Waals surface area contributed by atoms with E-state index in [4.69, 9.17) is 14.7 Å². The van der Waals surface area contributed by atoms with Gasteiger partial charge in [-0.25, -0.2) is 4.79 Å². The summed E-state index contributed by atoms with van der Waals surface area (Å²) < 4.78 is 48.3. The average Bonchev–Trinajstić information content (AvgIpc) is 2.90. The number of nitrogens with zero attached hydrogens (tertiary/aromatic N) is 2. The second-order valence-corrected chi connectivity index (χ2v) is 5.52. The molecule has 0 saturated heterocycles.